The van der Waals surface area contributed by atoms with E-state index in [0.717, 1.165) is 55.6 Å². The van der Waals surface area contributed by atoms with Crippen LogP contribution in [0.2, 0.25) is 0 Å². The van der Waals surface area contributed by atoms with Crippen LogP contribution in [0.1, 0.15) is 6.92 Å². The molecule has 0 spiro atoms. The minimum absolute atomic E-state index is 0.205. The summed E-state index contributed by atoms with van der Waals surface area (Å²) in [4.78, 5) is 20.8. The molecule has 0 aromatic heterocycles. The van der Waals surface area contributed by atoms with E-state index in [2.05, 4.69) is 34.1 Å². The lowest BCUT2D eigenvalue weighted by Gasteiger charge is -2.37. The van der Waals surface area contributed by atoms with Crippen LogP contribution in [0.5, 0.6) is 5.75 Å². The van der Waals surface area contributed by atoms with Crippen molar-refractivity contribution in [2.75, 3.05) is 61.4 Å². The van der Waals surface area contributed by atoms with E-state index >= 15 is 0 Å². The molecule has 4 rings (SSSR count). The molecular weight excluding hydrogens is 370 g/mol. The first-order valence-corrected chi connectivity index (χ1v) is 11.0. The van der Waals surface area contributed by atoms with Crippen LogP contribution in [0.15, 0.2) is 53.4 Å². The van der Waals surface area contributed by atoms with E-state index in [9.17, 15) is 4.79 Å². The maximum Gasteiger partial charge on any atom is 0.241 e. The molecule has 2 aromatic rings. The molecule has 0 aliphatic carbocycles. The monoisotopic (exact) mass is 397 g/mol. The fourth-order valence-electron chi connectivity index (χ4n) is 3.85. The van der Waals surface area contributed by atoms with Crippen molar-refractivity contribution < 1.29 is 9.53 Å². The number of anilines is 2. The predicted octanol–water partition coefficient (Wildman–Crippen LogP) is 3.35. The average Bonchev–Trinajstić information content (AvgIpc) is 2.74. The summed E-state index contributed by atoms with van der Waals surface area (Å²) in [7, 11) is 0. The molecule has 0 saturated carbocycles. The Kier molecular flexibility index (Phi) is 6.07. The summed E-state index contributed by atoms with van der Waals surface area (Å²) in [5, 5.41) is 0. The first kappa shape index (κ1) is 19.2. The van der Waals surface area contributed by atoms with Crippen molar-refractivity contribution in [3.63, 3.8) is 0 Å². The van der Waals surface area contributed by atoms with Crippen molar-refractivity contribution in [1.82, 2.24) is 4.90 Å². The van der Waals surface area contributed by atoms with E-state index in [4.69, 9.17) is 4.74 Å². The molecule has 2 heterocycles. The summed E-state index contributed by atoms with van der Waals surface area (Å²) in [6, 6.07) is 16.4. The summed E-state index contributed by atoms with van der Waals surface area (Å²) >= 11 is 1.83. The van der Waals surface area contributed by atoms with Crippen LogP contribution < -0.4 is 14.5 Å². The van der Waals surface area contributed by atoms with Gasteiger partial charge in [0.15, 0.2) is 0 Å². The zero-order chi connectivity index (χ0) is 19.3. The first-order valence-electron chi connectivity index (χ1n) is 9.97. The van der Waals surface area contributed by atoms with Crippen molar-refractivity contribution in [3.05, 3.63) is 48.5 Å². The van der Waals surface area contributed by atoms with Gasteiger partial charge in [-0.05, 0) is 31.2 Å². The number of carbonyl (C=O) groups is 1. The Morgan fingerprint density at radius 1 is 0.964 bits per heavy atom. The molecule has 0 radical (unpaired) electrons. The fourth-order valence-corrected chi connectivity index (χ4v) is 4.84. The minimum Gasteiger partial charge on any atom is -0.492 e. The third-order valence-corrected chi connectivity index (χ3v) is 6.31. The molecule has 1 amide bonds. The molecule has 2 aliphatic rings. The van der Waals surface area contributed by atoms with Gasteiger partial charge in [-0.3, -0.25) is 9.69 Å². The standard InChI is InChI=1S/C22H27N3O2S/c1-2-27-20-9-5-3-7-18(20)24-13-11-23(12-14-24)17-22(26)25-15-16-28-21-10-6-4-8-19(21)25/h3-10H,2,11-17H2,1H3. The highest BCUT2D eigenvalue weighted by Gasteiger charge is 2.26. The van der Waals surface area contributed by atoms with Gasteiger partial charge in [0.1, 0.15) is 5.75 Å². The lowest BCUT2D eigenvalue weighted by atomic mass is 10.2. The van der Waals surface area contributed by atoms with Crippen molar-refractivity contribution in [2.24, 2.45) is 0 Å². The Labute approximate surface area is 171 Å². The second kappa shape index (κ2) is 8.88. The van der Waals surface area contributed by atoms with Gasteiger partial charge in [-0.15, -0.1) is 11.8 Å². The summed E-state index contributed by atoms with van der Waals surface area (Å²) in [6.45, 7) is 7.54. The van der Waals surface area contributed by atoms with E-state index in [1.54, 1.807) is 0 Å². The summed E-state index contributed by atoms with van der Waals surface area (Å²) in [5.74, 6) is 2.11. The molecule has 6 heteroatoms. The molecule has 28 heavy (non-hydrogen) atoms. The van der Waals surface area contributed by atoms with Gasteiger partial charge in [0, 0.05) is 43.4 Å². The van der Waals surface area contributed by atoms with E-state index in [1.807, 2.05) is 47.9 Å². The van der Waals surface area contributed by atoms with Gasteiger partial charge < -0.3 is 14.5 Å². The van der Waals surface area contributed by atoms with Crippen LogP contribution in [0.3, 0.4) is 0 Å². The number of fused-ring (bicyclic) bond motifs is 1. The SMILES string of the molecule is CCOc1ccccc1N1CCN(CC(=O)N2CCSc3ccccc32)CC1. The number of ether oxygens (including phenoxy) is 1. The van der Waals surface area contributed by atoms with Crippen LogP contribution >= 0.6 is 11.8 Å². The first-order chi connectivity index (χ1) is 13.8. The van der Waals surface area contributed by atoms with Gasteiger partial charge in [-0.2, -0.15) is 0 Å². The Hall–Kier alpha value is -2.18. The number of piperazine rings is 1. The summed E-state index contributed by atoms with van der Waals surface area (Å²) < 4.78 is 5.78. The molecule has 0 atom stereocenters. The van der Waals surface area contributed by atoms with Gasteiger partial charge in [-0.1, -0.05) is 24.3 Å². The number of nitrogens with zero attached hydrogens (tertiary/aromatic N) is 3. The Morgan fingerprint density at radius 3 is 2.46 bits per heavy atom. The number of benzene rings is 2. The van der Waals surface area contributed by atoms with E-state index in [-0.39, 0.29) is 5.91 Å². The predicted molar refractivity (Wildman–Crippen MR) is 116 cm³/mol. The van der Waals surface area contributed by atoms with E-state index < -0.39 is 0 Å². The van der Waals surface area contributed by atoms with Crippen LogP contribution in [0.4, 0.5) is 11.4 Å². The quantitative estimate of drug-likeness (QED) is 0.773. The zero-order valence-electron chi connectivity index (χ0n) is 16.3. The van der Waals surface area contributed by atoms with Gasteiger partial charge in [0.05, 0.1) is 24.5 Å². The number of carbonyl (C=O) groups excluding carboxylic acids is 1. The highest BCUT2D eigenvalue weighted by atomic mass is 32.2. The normalized spacial score (nSPS) is 17.3. The van der Waals surface area contributed by atoms with Crippen molar-refractivity contribution >= 4 is 29.0 Å². The zero-order valence-corrected chi connectivity index (χ0v) is 17.2. The molecule has 1 saturated heterocycles. The maximum atomic E-state index is 13.0. The van der Waals surface area contributed by atoms with Crippen LogP contribution in [-0.2, 0) is 4.79 Å². The van der Waals surface area contributed by atoms with Gasteiger partial charge >= 0.3 is 0 Å². The molecule has 0 bridgehead atoms. The third kappa shape index (κ3) is 4.13. The Morgan fingerprint density at radius 2 is 1.68 bits per heavy atom. The molecule has 5 nitrogen and oxygen atoms in total. The topological polar surface area (TPSA) is 36.0 Å². The summed E-state index contributed by atoms with van der Waals surface area (Å²) in [5.41, 5.74) is 2.21. The second-order valence-electron chi connectivity index (χ2n) is 7.03. The third-order valence-electron chi connectivity index (χ3n) is 5.27. The minimum atomic E-state index is 0.205. The second-order valence-corrected chi connectivity index (χ2v) is 8.16. The number of hydrogen-bond acceptors (Lipinski definition) is 5. The maximum absolute atomic E-state index is 13.0. The van der Waals surface area contributed by atoms with Crippen molar-refractivity contribution in [3.8, 4) is 5.75 Å². The van der Waals surface area contributed by atoms with Crippen molar-refractivity contribution in [2.45, 2.75) is 11.8 Å². The van der Waals surface area contributed by atoms with Gasteiger partial charge in [0.2, 0.25) is 5.91 Å². The smallest absolute Gasteiger partial charge is 0.241 e. The molecular formula is C22H27N3O2S. The lowest BCUT2D eigenvalue weighted by molar-refractivity contribution is -0.119. The molecule has 2 aromatic carbocycles. The van der Waals surface area contributed by atoms with Gasteiger partial charge in [-0.25, -0.2) is 0 Å². The fraction of sp³-hybridized carbons (Fsp3) is 0.409. The molecule has 148 valence electrons. The van der Waals surface area contributed by atoms with Crippen LogP contribution in [-0.4, -0.2) is 62.4 Å². The Bertz CT molecular complexity index is 821. The highest BCUT2D eigenvalue weighted by molar-refractivity contribution is 7.99. The summed E-state index contributed by atoms with van der Waals surface area (Å²) in [6.07, 6.45) is 0. The number of amides is 1. The van der Waals surface area contributed by atoms with E-state index in [0.29, 0.717) is 13.2 Å². The van der Waals surface area contributed by atoms with Crippen LogP contribution in [0, 0.1) is 0 Å². The van der Waals surface area contributed by atoms with Crippen LogP contribution in [0.25, 0.3) is 0 Å². The molecule has 0 N–H and O–H groups in total. The van der Waals surface area contributed by atoms with Gasteiger partial charge in [0.25, 0.3) is 0 Å². The number of para-hydroxylation sites is 3. The highest BCUT2D eigenvalue weighted by Crippen LogP contribution is 2.34. The largest absolute Gasteiger partial charge is 0.492 e. The van der Waals surface area contributed by atoms with Crippen molar-refractivity contribution in [1.29, 1.82) is 0 Å². The average molecular weight is 398 g/mol. The number of thioether (sulfide) groups is 1. The Balaban J connectivity index is 1.36. The van der Waals surface area contributed by atoms with E-state index in [1.165, 1.54) is 4.90 Å². The molecule has 1 fully saturated rings. The molecule has 2 aliphatic heterocycles. The molecule has 0 unspecified atom stereocenters. The lowest BCUT2D eigenvalue weighted by Crippen LogP contribution is -2.50. The number of rotatable bonds is 5. The number of hydrogen-bond donors (Lipinski definition) is 0.